The number of ether oxygens (including phenoxy) is 1. The predicted octanol–water partition coefficient (Wildman–Crippen LogP) is 2.98. The van der Waals surface area contributed by atoms with E-state index >= 15 is 0 Å². The first-order valence-corrected chi connectivity index (χ1v) is 7.83. The lowest BCUT2D eigenvalue weighted by atomic mass is 9.93. The summed E-state index contributed by atoms with van der Waals surface area (Å²) in [6, 6.07) is 2.87. The number of carbonyl (C=O) groups excluding carboxylic acids is 2. The standard InChI is InChI=1S/C16H14F4N2O3S/c1-3-25-13(23)11-8(2)21-15(26)22(14(24)16(18,19)20)12(11)9-4-6-10(17)7-5-9/h4-7,12H,3H2,1-2H3,(H,21,26). The highest BCUT2D eigenvalue weighted by Gasteiger charge is 2.50. The first-order valence-electron chi connectivity index (χ1n) is 7.42. The number of carbonyl (C=O) groups is 2. The number of halogens is 4. The minimum absolute atomic E-state index is 0.0244. The third-order valence-electron chi connectivity index (χ3n) is 3.59. The quantitative estimate of drug-likeness (QED) is 0.489. The molecule has 1 aliphatic rings. The molecule has 0 fully saturated rings. The van der Waals surface area contributed by atoms with Gasteiger partial charge in [0, 0.05) is 5.70 Å². The normalized spacial score (nSPS) is 17.8. The van der Waals surface area contributed by atoms with Crippen LogP contribution in [0.3, 0.4) is 0 Å². The van der Waals surface area contributed by atoms with Crippen molar-refractivity contribution in [1.82, 2.24) is 10.2 Å². The Bertz CT molecular complexity index is 775. The molecule has 1 N–H and O–H groups in total. The highest BCUT2D eigenvalue weighted by molar-refractivity contribution is 7.80. The molecule has 1 aromatic carbocycles. The Morgan fingerprint density at radius 2 is 1.85 bits per heavy atom. The molecule has 0 aliphatic carbocycles. The Hall–Kier alpha value is -2.49. The molecular weight excluding hydrogens is 376 g/mol. The zero-order chi connectivity index (χ0) is 19.6. The fourth-order valence-electron chi connectivity index (χ4n) is 2.52. The number of allylic oxidation sites excluding steroid dienone is 1. The monoisotopic (exact) mass is 390 g/mol. The SMILES string of the molecule is CCOC(=O)C1=C(C)NC(=S)N(C(=O)C(F)(F)F)C1c1ccc(F)cc1. The summed E-state index contributed by atoms with van der Waals surface area (Å²) in [6.45, 7) is 2.92. The van der Waals surface area contributed by atoms with Crippen molar-refractivity contribution in [3.63, 3.8) is 0 Å². The van der Waals surface area contributed by atoms with Crippen molar-refractivity contribution in [2.75, 3.05) is 6.61 Å². The smallest absolute Gasteiger partial charge is 0.463 e. The minimum Gasteiger partial charge on any atom is -0.463 e. The molecule has 0 radical (unpaired) electrons. The van der Waals surface area contributed by atoms with Gasteiger partial charge >= 0.3 is 18.1 Å². The van der Waals surface area contributed by atoms with Crippen molar-refractivity contribution in [3.8, 4) is 0 Å². The summed E-state index contributed by atoms with van der Waals surface area (Å²) in [5.41, 5.74) is 0.00825. The summed E-state index contributed by atoms with van der Waals surface area (Å²) >= 11 is 4.89. The number of rotatable bonds is 3. The van der Waals surface area contributed by atoms with Crippen molar-refractivity contribution in [2.45, 2.75) is 26.1 Å². The van der Waals surface area contributed by atoms with Crippen LogP contribution in [-0.2, 0) is 14.3 Å². The van der Waals surface area contributed by atoms with E-state index in [0.717, 1.165) is 12.1 Å². The van der Waals surface area contributed by atoms with Crippen molar-refractivity contribution >= 4 is 29.2 Å². The maximum Gasteiger partial charge on any atom is 0.471 e. The molecule has 0 bridgehead atoms. The molecule has 5 nitrogen and oxygen atoms in total. The molecule has 1 atom stereocenters. The molecule has 1 aromatic rings. The average molecular weight is 390 g/mol. The summed E-state index contributed by atoms with van der Waals surface area (Å²) < 4.78 is 57.3. The van der Waals surface area contributed by atoms with E-state index in [4.69, 9.17) is 17.0 Å². The Kier molecular flexibility index (Phi) is 5.65. The van der Waals surface area contributed by atoms with E-state index in [1.54, 1.807) is 0 Å². The van der Waals surface area contributed by atoms with E-state index in [0.29, 0.717) is 0 Å². The number of benzene rings is 1. The molecule has 10 heteroatoms. The van der Waals surface area contributed by atoms with Gasteiger partial charge in [-0.3, -0.25) is 9.69 Å². The summed E-state index contributed by atoms with van der Waals surface area (Å²) in [6.07, 6.45) is -5.23. The van der Waals surface area contributed by atoms with Gasteiger partial charge in [0.1, 0.15) is 5.82 Å². The van der Waals surface area contributed by atoms with E-state index < -0.39 is 35.0 Å². The fourth-order valence-corrected chi connectivity index (χ4v) is 2.86. The van der Waals surface area contributed by atoms with Crippen LogP contribution in [0, 0.1) is 5.82 Å². The van der Waals surface area contributed by atoms with Gasteiger partial charge in [-0.2, -0.15) is 13.2 Å². The first kappa shape index (κ1) is 19.8. The molecule has 2 rings (SSSR count). The maximum atomic E-state index is 13.2. The molecule has 140 valence electrons. The van der Waals surface area contributed by atoms with Crippen LogP contribution >= 0.6 is 12.2 Å². The van der Waals surface area contributed by atoms with Crippen molar-refractivity contribution in [1.29, 1.82) is 0 Å². The molecule has 1 aliphatic heterocycles. The van der Waals surface area contributed by atoms with Gasteiger partial charge in [0.2, 0.25) is 0 Å². The van der Waals surface area contributed by atoms with Gasteiger partial charge in [-0.05, 0) is 43.8 Å². The number of hydrogen-bond acceptors (Lipinski definition) is 4. The molecule has 1 unspecified atom stereocenters. The van der Waals surface area contributed by atoms with E-state index in [1.165, 1.54) is 26.0 Å². The number of esters is 1. The van der Waals surface area contributed by atoms with E-state index in [9.17, 15) is 27.2 Å². The highest BCUT2D eigenvalue weighted by Crippen LogP contribution is 2.37. The number of nitrogens with zero attached hydrogens (tertiary/aromatic N) is 1. The van der Waals surface area contributed by atoms with Crippen LogP contribution in [0.1, 0.15) is 25.5 Å². The summed E-state index contributed by atoms with van der Waals surface area (Å²) in [7, 11) is 0. The first-order chi connectivity index (χ1) is 12.1. The van der Waals surface area contributed by atoms with Gasteiger partial charge in [0.25, 0.3) is 0 Å². The fraction of sp³-hybridized carbons (Fsp3) is 0.312. The predicted molar refractivity (Wildman–Crippen MR) is 87.1 cm³/mol. The molecule has 0 aromatic heterocycles. The third kappa shape index (κ3) is 3.85. The minimum atomic E-state index is -5.23. The van der Waals surface area contributed by atoms with Crippen molar-refractivity contribution in [3.05, 3.63) is 46.9 Å². The number of nitrogens with one attached hydrogen (secondary N) is 1. The summed E-state index contributed by atoms with van der Waals surface area (Å²) in [5.74, 6) is -3.79. The van der Waals surface area contributed by atoms with Gasteiger partial charge in [-0.1, -0.05) is 12.1 Å². The highest BCUT2D eigenvalue weighted by atomic mass is 32.1. The number of thiocarbonyl (C=S) groups is 1. The van der Waals surface area contributed by atoms with Gasteiger partial charge in [-0.25, -0.2) is 9.18 Å². The zero-order valence-electron chi connectivity index (χ0n) is 13.7. The Morgan fingerprint density at radius 1 is 1.27 bits per heavy atom. The molecule has 0 spiro atoms. The Labute approximate surface area is 151 Å². The zero-order valence-corrected chi connectivity index (χ0v) is 14.5. The maximum absolute atomic E-state index is 13.2. The second kappa shape index (κ2) is 7.40. The van der Waals surface area contributed by atoms with Gasteiger partial charge in [0.15, 0.2) is 5.11 Å². The molecule has 0 saturated carbocycles. The summed E-state index contributed by atoms with van der Waals surface area (Å²) in [4.78, 5) is 24.5. The van der Waals surface area contributed by atoms with Crippen LogP contribution in [0.4, 0.5) is 17.6 Å². The lowest BCUT2D eigenvalue weighted by molar-refractivity contribution is -0.183. The third-order valence-corrected chi connectivity index (χ3v) is 3.89. The number of amides is 1. The van der Waals surface area contributed by atoms with Gasteiger partial charge < -0.3 is 10.1 Å². The second-order valence-corrected chi connectivity index (χ2v) is 5.70. The van der Waals surface area contributed by atoms with Crippen LogP contribution in [0.25, 0.3) is 0 Å². The second-order valence-electron chi connectivity index (χ2n) is 5.32. The van der Waals surface area contributed by atoms with Gasteiger partial charge in [-0.15, -0.1) is 0 Å². The summed E-state index contributed by atoms with van der Waals surface area (Å²) in [5, 5.41) is 1.90. The molecule has 26 heavy (non-hydrogen) atoms. The molecular formula is C16H14F4N2O3S. The largest absolute Gasteiger partial charge is 0.471 e. The van der Waals surface area contributed by atoms with Crippen LogP contribution in [-0.4, -0.2) is 34.7 Å². The van der Waals surface area contributed by atoms with Crippen molar-refractivity contribution < 1.29 is 31.9 Å². The van der Waals surface area contributed by atoms with E-state index in [1.807, 2.05) is 0 Å². The van der Waals surface area contributed by atoms with Crippen LogP contribution in [0.2, 0.25) is 0 Å². The topological polar surface area (TPSA) is 58.6 Å². The van der Waals surface area contributed by atoms with Crippen LogP contribution < -0.4 is 5.32 Å². The molecule has 1 amide bonds. The van der Waals surface area contributed by atoms with Crippen LogP contribution in [0.15, 0.2) is 35.5 Å². The van der Waals surface area contributed by atoms with Crippen molar-refractivity contribution in [2.24, 2.45) is 0 Å². The lowest BCUT2D eigenvalue weighted by Crippen LogP contribution is -2.54. The Morgan fingerprint density at radius 3 is 2.35 bits per heavy atom. The molecule has 0 saturated heterocycles. The average Bonchev–Trinajstić information content (AvgIpc) is 2.53. The Balaban J connectivity index is 2.66. The van der Waals surface area contributed by atoms with Gasteiger partial charge in [0.05, 0.1) is 18.2 Å². The number of alkyl halides is 3. The van der Waals surface area contributed by atoms with Crippen LogP contribution in [0.5, 0.6) is 0 Å². The molecule has 1 heterocycles. The van der Waals surface area contributed by atoms with E-state index in [-0.39, 0.29) is 28.3 Å². The lowest BCUT2D eigenvalue weighted by Gasteiger charge is -2.38. The number of hydrogen-bond donors (Lipinski definition) is 1. The van der Waals surface area contributed by atoms with E-state index in [2.05, 4.69) is 5.32 Å².